The van der Waals surface area contributed by atoms with Gasteiger partial charge < -0.3 is 37.3 Å². The average molecular weight is 679 g/mol. The molecule has 0 fully saturated rings. The van der Waals surface area contributed by atoms with Gasteiger partial charge in [-0.2, -0.15) is 0 Å². The van der Waals surface area contributed by atoms with Gasteiger partial charge in [-0.25, -0.2) is 0 Å². The zero-order valence-corrected chi connectivity index (χ0v) is 28.8. The maximum absolute atomic E-state index is 13.9. The Morgan fingerprint density at radius 2 is 1.12 bits per heavy atom. The van der Waals surface area contributed by atoms with Crippen LogP contribution in [-0.4, -0.2) is 40.6 Å². The number of methoxy groups -OCH3 is 2. The molecule has 6 aromatic rings. The Kier molecular flexibility index (Phi) is 9.99. The summed E-state index contributed by atoms with van der Waals surface area (Å²) in [6.45, 7) is 8.98. The molecule has 0 unspecified atom stereocenters. The van der Waals surface area contributed by atoms with E-state index in [9.17, 15) is 9.59 Å². The van der Waals surface area contributed by atoms with Gasteiger partial charge in [-0.3, -0.25) is 9.59 Å². The summed E-state index contributed by atoms with van der Waals surface area (Å²) < 4.78 is 47.7. The molecule has 0 N–H and O–H groups in total. The summed E-state index contributed by atoms with van der Waals surface area (Å²) >= 11 is 0. The first-order chi connectivity index (χ1) is 24.3. The molecule has 2 heterocycles. The van der Waals surface area contributed by atoms with Crippen LogP contribution in [0.1, 0.15) is 27.7 Å². The van der Waals surface area contributed by atoms with Crippen LogP contribution in [0.3, 0.4) is 0 Å². The molecule has 0 atom stereocenters. The molecule has 0 radical (unpaired) electrons. The van der Waals surface area contributed by atoms with E-state index in [1.165, 1.54) is 19.2 Å². The highest BCUT2D eigenvalue weighted by molar-refractivity contribution is 6.02. The summed E-state index contributed by atoms with van der Waals surface area (Å²) in [7, 11) is 3.08. The Hall–Kier alpha value is -5.90. The molecule has 0 amide bonds. The van der Waals surface area contributed by atoms with Crippen LogP contribution >= 0.6 is 0 Å². The van der Waals surface area contributed by atoms with E-state index < -0.39 is 0 Å². The topological polar surface area (TPSA) is 116 Å². The van der Waals surface area contributed by atoms with E-state index in [0.29, 0.717) is 106 Å². The molecule has 0 spiro atoms. The van der Waals surface area contributed by atoms with Gasteiger partial charge in [0.15, 0.2) is 16.4 Å². The zero-order valence-electron chi connectivity index (χ0n) is 28.8. The third kappa shape index (κ3) is 6.44. The monoisotopic (exact) mass is 678 g/mol. The van der Waals surface area contributed by atoms with Crippen LogP contribution in [-0.2, 0) is 0 Å². The standard InChI is InChI=1S/C40H38O10/c1-7-45-25-14-11-23(12-15-25)31-21-29(42)39-35(48-10-4)22-34(47-9-3)37(40(39)50-31)27-17-24(13-16-30(27)44-6)32-20-28(41)38-33(46-8-2)18-26(43-5)19-36(38)49-32/h11-22H,7-10H2,1-6H3. The predicted octanol–water partition coefficient (Wildman–Crippen LogP) is 8.51. The Morgan fingerprint density at radius 1 is 0.520 bits per heavy atom. The van der Waals surface area contributed by atoms with Crippen LogP contribution in [0.2, 0.25) is 0 Å². The fourth-order valence-corrected chi connectivity index (χ4v) is 5.91. The summed E-state index contributed by atoms with van der Waals surface area (Å²) in [5.41, 5.74) is 2.23. The summed E-state index contributed by atoms with van der Waals surface area (Å²) in [4.78, 5) is 27.4. The van der Waals surface area contributed by atoms with Crippen LogP contribution in [0.25, 0.3) is 55.7 Å². The molecule has 0 saturated carbocycles. The van der Waals surface area contributed by atoms with Gasteiger partial charge in [0.1, 0.15) is 62.4 Å². The van der Waals surface area contributed by atoms with Gasteiger partial charge in [0.05, 0.1) is 46.2 Å². The second-order valence-corrected chi connectivity index (χ2v) is 11.1. The van der Waals surface area contributed by atoms with Crippen molar-refractivity contribution in [3.8, 4) is 68.3 Å². The van der Waals surface area contributed by atoms with Crippen LogP contribution in [0.4, 0.5) is 0 Å². The van der Waals surface area contributed by atoms with Crippen molar-refractivity contribution in [1.29, 1.82) is 0 Å². The SMILES string of the molecule is CCOc1ccc(-c2cc(=O)c3c(OCC)cc(OCC)c(-c4cc(-c5cc(=O)c6c(OCC)cc(OC)cc6o5)ccc4OC)c3o2)cc1. The summed E-state index contributed by atoms with van der Waals surface area (Å²) in [5, 5.41) is 0.560. The van der Waals surface area contributed by atoms with Crippen molar-refractivity contribution < 1.29 is 37.3 Å². The summed E-state index contributed by atoms with van der Waals surface area (Å²) in [5.74, 6) is 3.41. The van der Waals surface area contributed by atoms with Crippen molar-refractivity contribution in [2.45, 2.75) is 27.7 Å². The molecule has 10 heteroatoms. The molecule has 0 aliphatic heterocycles. The molecule has 10 nitrogen and oxygen atoms in total. The number of hydrogen-bond acceptors (Lipinski definition) is 10. The highest BCUT2D eigenvalue weighted by Crippen LogP contribution is 2.47. The first kappa shape index (κ1) is 34.0. The number of hydrogen-bond donors (Lipinski definition) is 0. The van der Waals surface area contributed by atoms with E-state index in [-0.39, 0.29) is 21.8 Å². The van der Waals surface area contributed by atoms with Gasteiger partial charge in [0, 0.05) is 47.0 Å². The molecule has 6 rings (SSSR count). The van der Waals surface area contributed by atoms with Gasteiger partial charge in [-0.05, 0) is 70.2 Å². The molecule has 50 heavy (non-hydrogen) atoms. The summed E-state index contributed by atoms with van der Waals surface area (Å²) in [6, 6.07) is 20.6. The van der Waals surface area contributed by atoms with Gasteiger partial charge in [-0.1, -0.05) is 0 Å². The molecule has 0 bridgehead atoms. The van der Waals surface area contributed by atoms with Gasteiger partial charge in [-0.15, -0.1) is 0 Å². The first-order valence-corrected chi connectivity index (χ1v) is 16.4. The zero-order chi connectivity index (χ0) is 35.4. The van der Waals surface area contributed by atoms with E-state index in [0.717, 1.165) is 0 Å². The molecule has 258 valence electrons. The second-order valence-electron chi connectivity index (χ2n) is 11.1. The number of benzene rings is 4. The minimum atomic E-state index is -0.294. The van der Waals surface area contributed by atoms with E-state index in [4.69, 9.17) is 37.3 Å². The van der Waals surface area contributed by atoms with Crippen molar-refractivity contribution in [3.63, 3.8) is 0 Å². The van der Waals surface area contributed by atoms with Gasteiger partial charge in [0.2, 0.25) is 0 Å². The van der Waals surface area contributed by atoms with E-state index >= 15 is 0 Å². The number of ether oxygens (including phenoxy) is 6. The first-order valence-electron chi connectivity index (χ1n) is 16.4. The maximum atomic E-state index is 13.9. The highest BCUT2D eigenvalue weighted by Gasteiger charge is 2.25. The molecule has 0 aliphatic rings. The highest BCUT2D eigenvalue weighted by atomic mass is 16.5. The minimum absolute atomic E-state index is 0.247. The Balaban J connectivity index is 1.63. The van der Waals surface area contributed by atoms with Crippen molar-refractivity contribution in [1.82, 2.24) is 0 Å². The lowest BCUT2D eigenvalue weighted by molar-refractivity contribution is 0.326. The minimum Gasteiger partial charge on any atom is -0.496 e. The lowest BCUT2D eigenvalue weighted by Crippen LogP contribution is -2.07. The Bertz CT molecular complexity index is 2280. The van der Waals surface area contributed by atoms with E-state index in [1.54, 1.807) is 37.4 Å². The molecule has 0 saturated heterocycles. The second kappa shape index (κ2) is 14.7. The molecule has 4 aromatic carbocycles. The third-order valence-electron chi connectivity index (χ3n) is 8.04. The molecule has 0 aliphatic carbocycles. The lowest BCUT2D eigenvalue weighted by atomic mass is 9.96. The summed E-state index contributed by atoms with van der Waals surface area (Å²) in [6.07, 6.45) is 0. The van der Waals surface area contributed by atoms with E-state index in [1.807, 2.05) is 58.0 Å². The molecule has 2 aromatic heterocycles. The number of rotatable bonds is 13. The Morgan fingerprint density at radius 3 is 1.76 bits per heavy atom. The maximum Gasteiger partial charge on any atom is 0.197 e. The Labute approximate surface area is 288 Å². The fraction of sp³-hybridized carbons (Fsp3) is 0.250. The van der Waals surface area contributed by atoms with Crippen molar-refractivity contribution in [3.05, 3.63) is 93.2 Å². The van der Waals surface area contributed by atoms with Crippen LogP contribution in [0.15, 0.2) is 91.2 Å². The molecular weight excluding hydrogens is 640 g/mol. The van der Waals surface area contributed by atoms with Gasteiger partial charge >= 0.3 is 0 Å². The van der Waals surface area contributed by atoms with Crippen LogP contribution in [0.5, 0.6) is 34.5 Å². The quantitative estimate of drug-likeness (QED) is 0.118. The normalized spacial score (nSPS) is 11.1. The third-order valence-corrected chi connectivity index (χ3v) is 8.04. The predicted molar refractivity (Wildman–Crippen MR) is 193 cm³/mol. The van der Waals surface area contributed by atoms with Crippen LogP contribution < -0.4 is 39.3 Å². The van der Waals surface area contributed by atoms with Crippen molar-refractivity contribution in [2.24, 2.45) is 0 Å². The lowest BCUT2D eigenvalue weighted by Gasteiger charge is -2.19. The van der Waals surface area contributed by atoms with Gasteiger partial charge in [0.25, 0.3) is 0 Å². The largest absolute Gasteiger partial charge is 0.496 e. The van der Waals surface area contributed by atoms with Crippen molar-refractivity contribution >= 4 is 21.9 Å². The number of fused-ring (bicyclic) bond motifs is 2. The average Bonchev–Trinajstić information content (AvgIpc) is 3.11. The fourth-order valence-electron chi connectivity index (χ4n) is 5.91. The smallest absolute Gasteiger partial charge is 0.197 e. The van der Waals surface area contributed by atoms with Crippen molar-refractivity contribution in [2.75, 3.05) is 40.6 Å². The van der Waals surface area contributed by atoms with Crippen LogP contribution in [0, 0.1) is 0 Å². The van der Waals surface area contributed by atoms with E-state index in [2.05, 4.69) is 0 Å². The molecular formula is C40H38O10.